The van der Waals surface area contributed by atoms with E-state index in [1.807, 2.05) is 31.2 Å². The van der Waals surface area contributed by atoms with Crippen LogP contribution in [0.15, 0.2) is 30.6 Å². The molecule has 1 aromatic heterocycles. The number of aromatic amines is 1. The molecule has 23 heavy (non-hydrogen) atoms. The minimum Gasteiger partial charge on any atom is -0.491 e. The molecule has 6 nitrogen and oxygen atoms in total. The quantitative estimate of drug-likeness (QED) is 0.853. The average Bonchev–Trinajstić information content (AvgIpc) is 3.08. The third-order valence-electron chi connectivity index (χ3n) is 4.24. The second-order valence-corrected chi connectivity index (χ2v) is 6.16. The first-order valence-corrected chi connectivity index (χ1v) is 8.19. The Hall–Kier alpha value is -1.92. The van der Waals surface area contributed by atoms with Crippen LogP contribution >= 0.6 is 0 Å². The van der Waals surface area contributed by atoms with Gasteiger partial charge in [-0.25, -0.2) is 4.98 Å². The number of aromatic nitrogens is 3. The lowest BCUT2D eigenvalue weighted by Crippen LogP contribution is -2.41. The highest BCUT2D eigenvalue weighted by Crippen LogP contribution is 2.28. The van der Waals surface area contributed by atoms with Crippen molar-refractivity contribution in [3.8, 4) is 5.75 Å². The number of hydrogen-bond acceptors (Lipinski definition) is 5. The number of β-amino-alcohol motifs (C(OH)–C–C–N with tert-alkyl or cyclic N) is 1. The number of hydrogen-bond donors (Lipinski definition) is 2. The highest BCUT2D eigenvalue weighted by atomic mass is 16.5. The molecule has 1 aliphatic rings. The number of ether oxygens (including phenoxy) is 1. The fourth-order valence-corrected chi connectivity index (χ4v) is 3.12. The molecule has 1 saturated heterocycles. The summed E-state index contributed by atoms with van der Waals surface area (Å²) in [5, 5.41) is 17.2. The van der Waals surface area contributed by atoms with Gasteiger partial charge >= 0.3 is 0 Å². The largest absolute Gasteiger partial charge is 0.491 e. The van der Waals surface area contributed by atoms with Crippen molar-refractivity contribution in [2.75, 3.05) is 19.7 Å². The van der Waals surface area contributed by atoms with Crippen LogP contribution in [0.25, 0.3) is 0 Å². The molecule has 0 saturated carbocycles. The fraction of sp³-hybridized carbons (Fsp3) is 0.529. The average molecular weight is 316 g/mol. The van der Waals surface area contributed by atoms with Crippen LogP contribution in [0.2, 0.25) is 0 Å². The van der Waals surface area contributed by atoms with E-state index in [1.54, 1.807) is 6.33 Å². The monoisotopic (exact) mass is 316 g/mol. The lowest BCUT2D eigenvalue weighted by Gasteiger charge is -2.35. The van der Waals surface area contributed by atoms with E-state index in [4.69, 9.17) is 4.74 Å². The highest BCUT2D eigenvalue weighted by Gasteiger charge is 2.27. The van der Waals surface area contributed by atoms with Gasteiger partial charge < -0.3 is 9.84 Å². The Bertz CT molecular complexity index is 602. The van der Waals surface area contributed by atoms with Crippen molar-refractivity contribution in [1.29, 1.82) is 0 Å². The zero-order valence-corrected chi connectivity index (χ0v) is 13.5. The number of H-pyrrole nitrogens is 1. The third kappa shape index (κ3) is 4.30. The van der Waals surface area contributed by atoms with Gasteiger partial charge in [0.25, 0.3) is 0 Å². The smallest absolute Gasteiger partial charge is 0.141 e. The van der Waals surface area contributed by atoms with Crippen molar-refractivity contribution in [3.63, 3.8) is 0 Å². The van der Waals surface area contributed by atoms with Gasteiger partial charge in [-0.3, -0.25) is 10.00 Å². The number of nitrogens with one attached hydrogen (secondary N) is 1. The van der Waals surface area contributed by atoms with Crippen LogP contribution in [-0.4, -0.2) is 51.0 Å². The summed E-state index contributed by atoms with van der Waals surface area (Å²) >= 11 is 0. The lowest BCUT2D eigenvalue weighted by molar-refractivity contribution is 0.0373. The van der Waals surface area contributed by atoms with Gasteiger partial charge in [0.15, 0.2) is 0 Å². The number of rotatable bonds is 6. The van der Waals surface area contributed by atoms with Gasteiger partial charge in [0, 0.05) is 6.54 Å². The topological polar surface area (TPSA) is 74.3 Å². The molecule has 2 heterocycles. The van der Waals surface area contributed by atoms with Crippen LogP contribution in [0.3, 0.4) is 0 Å². The van der Waals surface area contributed by atoms with Crippen molar-refractivity contribution >= 4 is 0 Å². The van der Waals surface area contributed by atoms with E-state index >= 15 is 0 Å². The molecule has 0 amide bonds. The molecule has 2 N–H and O–H groups in total. The Morgan fingerprint density at radius 3 is 3.13 bits per heavy atom. The van der Waals surface area contributed by atoms with E-state index in [0.29, 0.717) is 13.2 Å². The van der Waals surface area contributed by atoms with Crippen molar-refractivity contribution in [1.82, 2.24) is 20.1 Å². The predicted molar refractivity (Wildman–Crippen MR) is 87.2 cm³/mol. The minimum atomic E-state index is -0.529. The molecule has 2 atom stereocenters. The second kappa shape index (κ2) is 7.57. The first-order chi connectivity index (χ1) is 11.2. The van der Waals surface area contributed by atoms with Gasteiger partial charge in [-0.1, -0.05) is 18.6 Å². The van der Waals surface area contributed by atoms with Crippen molar-refractivity contribution < 1.29 is 9.84 Å². The maximum atomic E-state index is 10.3. The lowest BCUT2D eigenvalue weighted by atomic mass is 10.0. The van der Waals surface area contributed by atoms with Crippen molar-refractivity contribution in [2.24, 2.45) is 0 Å². The number of benzene rings is 1. The van der Waals surface area contributed by atoms with Gasteiger partial charge in [0.1, 0.15) is 30.6 Å². The summed E-state index contributed by atoms with van der Waals surface area (Å²) in [5.41, 5.74) is 1.15. The molecule has 0 bridgehead atoms. The summed E-state index contributed by atoms with van der Waals surface area (Å²) in [7, 11) is 0. The highest BCUT2D eigenvalue weighted by molar-refractivity contribution is 5.27. The van der Waals surface area contributed by atoms with E-state index in [9.17, 15) is 5.11 Å². The Labute approximate surface area is 136 Å². The molecule has 1 aliphatic heterocycles. The maximum Gasteiger partial charge on any atom is 0.141 e. The summed E-state index contributed by atoms with van der Waals surface area (Å²) in [4.78, 5) is 6.55. The van der Waals surface area contributed by atoms with Crippen LogP contribution in [-0.2, 0) is 0 Å². The van der Waals surface area contributed by atoms with Crippen molar-refractivity contribution in [3.05, 3.63) is 42.0 Å². The molecule has 1 aromatic carbocycles. The third-order valence-corrected chi connectivity index (χ3v) is 4.24. The van der Waals surface area contributed by atoms with Gasteiger partial charge in [-0.15, -0.1) is 0 Å². The predicted octanol–water partition coefficient (Wildman–Crippen LogP) is 2.08. The number of aliphatic hydroxyl groups is 1. The van der Waals surface area contributed by atoms with Crippen LogP contribution in [0.5, 0.6) is 5.75 Å². The molecule has 124 valence electrons. The summed E-state index contributed by atoms with van der Waals surface area (Å²) in [6, 6.07) is 8.09. The molecule has 0 aliphatic carbocycles. The summed E-state index contributed by atoms with van der Waals surface area (Å²) < 4.78 is 5.70. The molecular formula is C17H24N4O2. The molecule has 0 spiro atoms. The summed E-state index contributed by atoms with van der Waals surface area (Å²) in [5.74, 6) is 1.69. The normalized spacial score (nSPS) is 20.3. The zero-order chi connectivity index (χ0) is 16.1. The molecule has 2 unspecified atom stereocenters. The van der Waals surface area contributed by atoms with E-state index in [1.165, 1.54) is 6.42 Å². The van der Waals surface area contributed by atoms with Crippen LogP contribution < -0.4 is 4.74 Å². The SMILES string of the molecule is Cc1cccc(OCC(O)CN2CCCCC2c2ncn[nH]2)c1. The van der Waals surface area contributed by atoms with Crippen molar-refractivity contribution in [2.45, 2.75) is 38.3 Å². The summed E-state index contributed by atoms with van der Waals surface area (Å²) in [6.45, 7) is 3.87. The minimum absolute atomic E-state index is 0.208. The van der Waals surface area contributed by atoms with Crippen LogP contribution in [0.1, 0.15) is 36.7 Å². The zero-order valence-electron chi connectivity index (χ0n) is 13.5. The summed E-state index contributed by atoms with van der Waals surface area (Å²) in [6.07, 6.45) is 4.38. The second-order valence-electron chi connectivity index (χ2n) is 6.16. The standard InChI is InChI=1S/C17H24N4O2/c1-13-5-4-6-15(9-13)23-11-14(22)10-21-8-3-2-7-16(21)17-18-12-19-20-17/h4-6,9,12,14,16,22H,2-3,7-8,10-11H2,1H3,(H,18,19,20). The van der Waals surface area contributed by atoms with Gasteiger partial charge in [0.2, 0.25) is 0 Å². The van der Waals surface area contributed by atoms with Crippen LogP contribution in [0, 0.1) is 6.92 Å². The van der Waals surface area contributed by atoms with E-state index in [2.05, 4.69) is 20.1 Å². The first-order valence-electron chi connectivity index (χ1n) is 8.19. The molecule has 0 radical (unpaired) electrons. The van der Waals surface area contributed by atoms with Gasteiger partial charge in [-0.05, 0) is 44.0 Å². The number of piperidine rings is 1. The van der Waals surface area contributed by atoms with E-state index in [-0.39, 0.29) is 6.04 Å². The molecule has 6 heteroatoms. The number of aryl methyl sites for hydroxylation is 1. The van der Waals surface area contributed by atoms with E-state index < -0.39 is 6.10 Å². The van der Waals surface area contributed by atoms with E-state index in [0.717, 1.165) is 36.5 Å². The first kappa shape index (κ1) is 16.0. The Morgan fingerprint density at radius 1 is 1.43 bits per heavy atom. The number of likely N-dealkylation sites (tertiary alicyclic amines) is 1. The van der Waals surface area contributed by atoms with Crippen LogP contribution in [0.4, 0.5) is 0 Å². The maximum absolute atomic E-state index is 10.3. The van der Waals surface area contributed by atoms with Gasteiger partial charge in [0.05, 0.1) is 6.04 Å². The van der Waals surface area contributed by atoms with Gasteiger partial charge in [-0.2, -0.15) is 5.10 Å². The Balaban J connectivity index is 1.54. The molecule has 1 fully saturated rings. The molecule has 2 aromatic rings. The fourth-order valence-electron chi connectivity index (χ4n) is 3.12. The molecule has 3 rings (SSSR count). The Morgan fingerprint density at radius 2 is 2.35 bits per heavy atom. The molecular weight excluding hydrogens is 292 g/mol. The number of aliphatic hydroxyl groups excluding tert-OH is 1. The number of nitrogens with zero attached hydrogens (tertiary/aromatic N) is 3. The Kier molecular flexibility index (Phi) is 5.25.